The van der Waals surface area contributed by atoms with Crippen LogP contribution in [0.1, 0.15) is 34.6 Å². The van der Waals surface area contributed by atoms with Crippen LogP contribution in [0.5, 0.6) is 5.75 Å². The van der Waals surface area contributed by atoms with E-state index in [1.165, 1.54) is 13.0 Å². The largest absolute Gasteiger partial charge is 0.426 e. The van der Waals surface area contributed by atoms with Crippen LogP contribution < -0.4 is 10.1 Å². The molecule has 9 heteroatoms. The number of thiazole rings is 1. The minimum atomic E-state index is -3.47. The second-order valence-electron chi connectivity index (χ2n) is 5.35. The number of hydrogen-bond acceptors (Lipinski definition) is 7. The summed E-state index contributed by atoms with van der Waals surface area (Å²) in [6.45, 7) is 4.76. The van der Waals surface area contributed by atoms with Gasteiger partial charge in [0.25, 0.3) is 5.91 Å². The summed E-state index contributed by atoms with van der Waals surface area (Å²) in [7, 11) is -3.47. The van der Waals surface area contributed by atoms with Crippen molar-refractivity contribution < 1.29 is 22.7 Å². The first-order valence-electron chi connectivity index (χ1n) is 7.42. The number of ether oxygens (including phenoxy) is 1. The number of sulfone groups is 1. The number of nitrogens with zero attached hydrogens (tertiary/aromatic N) is 1. The molecular weight excluding hydrogens is 364 g/mol. The number of para-hydroxylation sites is 1. The zero-order valence-electron chi connectivity index (χ0n) is 14.2. The molecule has 7 nitrogen and oxygen atoms in total. The Hall–Kier alpha value is -2.26. The molecule has 0 saturated heterocycles. The molecule has 0 aliphatic carbocycles. The van der Waals surface area contributed by atoms with Crippen molar-refractivity contribution in [3.05, 3.63) is 34.2 Å². The number of amides is 1. The highest BCUT2D eigenvalue weighted by Crippen LogP contribution is 2.29. The number of nitrogens with one attached hydrogen (secondary N) is 1. The average Bonchev–Trinajstić information content (AvgIpc) is 2.87. The van der Waals surface area contributed by atoms with Gasteiger partial charge in [0.05, 0.1) is 5.56 Å². The Morgan fingerprint density at radius 3 is 2.52 bits per heavy atom. The molecule has 2 rings (SSSR count). The zero-order valence-corrected chi connectivity index (χ0v) is 15.9. The second-order valence-corrected chi connectivity index (χ2v) is 8.48. The first-order valence-corrected chi connectivity index (χ1v) is 10.1. The highest BCUT2D eigenvalue weighted by atomic mass is 32.2. The van der Waals surface area contributed by atoms with Gasteiger partial charge in [0, 0.05) is 18.1 Å². The third kappa shape index (κ3) is 4.43. The summed E-state index contributed by atoms with van der Waals surface area (Å²) in [5.74, 6) is -0.855. The number of carbonyl (C=O) groups is 2. The number of hydrogen-bond donors (Lipinski definition) is 1. The van der Waals surface area contributed by atoms with Gasteiger partial charge in [0.15, 0.2) is 20.0 Å². The van der Waals surface area contributed by atoms with Crippen LogP contribution in [0.15, 0.2) is 23.2 Å². The molecular formula is C16H18N2O5S2. The van der Waals surface area contributed by atoms with Crippen molar-refractivity contribution in [3.8, 4) is 5.75 Å². The van der Waals surface area contributed by atoms with Crippen molar-refractivity contribution in [3.63, 3.8) is 0 Å². The first kappa shape index (κ1) is 19.1. The summed E-state index contributed by atoms with van der Waals surface area (Å²) in [5.41, 5.74) is 0.901. The lowest BCUT2D eigenvalue weighted by molar-refractivity contribution is -0.131. The number of aromatic nitrogens is 1. The Balaban J connectivity index is 2.38. The second kappa shape index (κ2) is 7.32. The Labute approximate surface area is 150 Å². The molecule has 0 unspecified atom stereocenters. The molecule has 0 atom stereocenters. The van der Waals surface area contributed by atoms with E-state index < -0.39 is 21.7 Å². The van der Waals surface area contributed by atoms with Crippen LogP contribution >= 0.6 is 11.3 Å². The minimum absolute atomic E-state index is 0.0599. The van der Waals surface area contributed by atoms with Crippen molar-refractivity contribution in [2.24, 2.45) is 0 Å². The summed E-state index contributed by atoms with van der Waals surface area (Å²) in [6.07, 6.45) is 1.64. The molecule has 1 aromatic heterocycles. The number of carbonyl (C=O) groups excluding carboxylic acids is 2. The Bertz CT molecular complexity index is 932. The molecule has 0 bridgehead atoms. The van der Waals surface area contributed by atoms with Gasteiger partial charge in [-0.1, -0.05) is 19.1 Å². The maximum absolute atomic E-state index is 12.6. The summed E-state index contributed by atoms with van der Waals surface area (Å²) in [6, 6.07) is 4.99. The van der Waals surface area contributed by atoms with Crippen molar-refractivity contribution in [2.45, 2.75) is 32.2 Å². The number of esters is 1. The van der Waals surface area contributed by atoms with E-state index in [2.05, 4.69) is 10.3 Å². The molecule has 1 heterocycles. The maximum Gasteiger partial charge on any atom is 0.308 e. The highest BCUT2D eigenvalue weighted by Gasteiger charge is 2.21. The van der Waals surface area contributed by atoms with E-state index >= 15 is 0 Å². The van der Waals surface area contributed by atoms with Crippen LogP contribution in [0.2, 0.25) is 0 Å². The standard InChI is InChI=1S/C16H18N2O5S2/c1-5-11-7-6-8-12(13(11)23-10(3)19)14(20)17-16-18-15(9(2)24-16)25(4,21)22/h6-8H,5H2,1-4H3,(H,17,18,20). The lowest BCUT2D eigenvalue weighted by Crippen LogP contribution is -2.16. The van der Waals surface area contributed by atoms with E-state index in [-0.39, 0.29) is 21.5 Å². The SMILES string of the molecule is CCc1cccc(C(=O)Nc2nc(S(C)(=O)=O)c(C)s2)c1OC(C)=O. The lowest BCUT2D eigenvalue weighted by Gasteiger charge is -2.12. The summed E-state index contributed by atoms with van der Waals surface area (Å²) in [5, 5.41) is 2.67. The Morgan fingerprint density at radius 1 is 1.32 bits per heavy atom. The molecule has 25 heavy (non-hydrogen) atoms. The Morgan fingerprint density at radius 2 is 2.00 bits per heavy atom. The van der Waals surface area contributed by atoms with Gasteiger partial charge in [-0.2, -0.15) is 0 Å². The predicted octanol–water partition coefficient (Wildman–Crippen LogP) is 2.60. The molecule has 0 aliphatic rings. The van der Waals surface area contributed by atoms with E-state index in [1.807, 2.05) is 6.92 Å². The highest BCUT2D eigenvalue weighted by molar-refractivity contribution is 7.90. The van der Waals surface area contributed by atoms with E-state index in [1.54, 1.807) is 19.1 Å². The van der Waals surface area contributed by atoms with Gasteiger partial charge in [-0.25, -0.2) is 13.4 Å². The van der Waals surface area contributed by atoms with Gasteiger partial charge in [-0.15, -0.1) is 11.3 Å². The van der Waals surface area contributed by atoms with Gasteiger partial charge in [0.1, 0.15) is 5.75 Å². The van der Waals surface area contributed by atoms with Crippen LogP contribution in [0.3, 0.4) is 0 Å². The number of rotatable bonds is 5. The molecule has 0 spiro atoms. The summed E-state index contributed by atoms with van der Waals surface area (Å²) in [4.78, 5) is 28.4. The van der Waals surface area contributed by atoms with Gasteiger partial charge in [-0.05, 0) is 25.0 Å². The van der Waals surface area contributed by atoms with Gasteiger partial charge < -0.3 is 4.74 Å². The monoisotopic (exact) mass is 382 g/mol. The van der Waals surface area contributed by atoms with Crippen LogP contribution in [-0.2, 0) is 21.1 Å². The third-order valence-corrected chi connectivity index (χ3v) is 5.41. The van der Waals surface area contributed by atoms with Crippen molar-refractivity contribution in [2.75, 3.05) is 11.6 Å². The zero-order chi connectivity index (χ0) is 18.8. The summed E-state index contributed by atoms with van der Waals surface area (Å²) >= 11 is 1.06. The smallest absolute Gasteiger partial charge is 0.308 e. The fraction of sp³-hybridized carbons (Fsp3) is 0.312. The van der Waals surface area contributed by atoms with Crippen LogP contribution in [0, 0.1) is 6.92 Å². The molecule has 0 saturated carbocycles. The normalized spacial score (nSPS) is 11.2. The van der Waals surface area contributed by atoms with Gasteiger partial charge in [-0.3, -0.25) is 14.9 Å². The Kier molecular flexibility index (Phi) is 5.58. The van der Waals surface area contributed by atoms with E-state index in [9.17, 15) is 18.0 Å². The van der Waals surface area contributed by atoms with E-state index in [0.29, 0.717) is 11.3 Å². The molecule has 0 fully saturated rings. The van der Waals surface area contributed by atoms with Gasteiger partial charge in [0.2, 0.25) is 0 Å². The van der Waals surface area contributed by atoms with Crippen LogP contribution in [0.4, 0.5) is 5.13 Å². The topological polar surface area (TPSA) is 102 Å². The minimum Gasteiger partial charge on any atom is -0.426 e. The molecule has 134 valence electrons. The van der Waals surface area contributed by atoms with E-state index in [0.717, 1.165) is 23.2 Å². The number of aryl methyl sites for hydroxylation is 2. The summed E-state index contributed by atoms with van der Waals surface area (Å²) < 4.78 is 28.5. The van der Waals surface area contributed by atoms with Crippen molar-refractivity contribution in [1.29, 1.82) is 0 Å². The maximum atomic E-state index is 12.6. The molecule has 0 aliphatic heterocycles. The van der Waals surface area contributed by atoms with Crippen LogP contribution in [0.25, 0.3) is 0 Å². The lowest BCUT2D eigenvalue weighted by atomic mass is 10.1. The first-order chi connectivity index (χ1) is 11.6. The number of anilines is 1. The number of benzene rings is 1. The van der Waals surface area contributed by atoms with Crippen molar-refractivity contribution >= 4 is 38.2 Å². The molecule has 0 radical (unpaired) electrons. The molecule has 2 aromatic rings. The molecule has 1 aromatic carbocycles. The van der Waals surface area contributed by atoms with Crippen molar-refractivity contribution in [1.82, 2.24) is 4.98 Å². The van der Waals surface area contributed by atoms with Gasteiger partial charge >= 0.3 is 5.97 Å². The third-order valence-electron chi connectivity index (χ3n) is 3.29. The average molecular weight is 382 g/mol. The molecule has 1 amide bonds. The quantitative estimate of drug-likeness (QED) is 0.630. The van der Waals surface area contributed by atoms with E-state index in [4.69, 9.17) is 4.74 Å². The predicted molar refractivity (Wildman–Crippen MR) is 95.0 cm³/mol. The van der Waals surface area contributed by atoms with Crippen LogP contribution in [-0.4, -0.2) is 31.5 Å². The molecule has 1 N–H and O–H groups in total. The fourth-order valence-electron chi connectivity index (χ4n) is 2.25. The fourth-order valence-corrected chi connectivity index (χ4v) is 4.37.